The van der Waals surface area contributed by atoms with E-state index in [2.05, 4.69) is 44.8 Å². The highest BCUT2D eigenvalue weighted by Crippen LogP contribution is 2.27. The molecule has 5 heteroatoms. The highest BCUT2D eigenvalue weighted by Gasteiger charge is 2.21. The van der Waals surface area contributed by atoms with E-state index in [0.717, 1.165) is 22.8 Å². The number of pyridine rings is 1. The number of rotatable bonds is 3. The third-order valence-electron chi connectivity index (χ3n) is 3.17. The van der Waals surface area contributed by atoms with Crippen molar-refractivity contribution in [1.82, 2.24) is 9.88 Å². The van der Waals surface area contributed by atoms with E-state index in [-0.39, 0.29) is 0 Å². The van der Waals surface area contributed by atoms with Crippen LogP contribution >= 0.6 is 27.5 Å². The molecule has 1 aliphatic rings. The molecule has 17 heavy (non-hydrogen) atoms. The van der Waals surface area contributed by atoms with E-state index >= 15 is 0 Å². The van der Waals surface area contributed by atoms with Crippen LogP contribution in [0, 0.1) is 5.92 Å². The Labute approximate surface area is 116 Å². The molecule has 0 amide bonds. The Kier molecular flexibility index (Phi) is 4.28. The summed E-state index contributed by atoms with van der Waals surface area (Å²) in [5.74, 6) is 1.69. The number of likely N-dealkylation sites (tertiary alicyclic amines) is 1. The van der Waals surface area contributed by atoms with Crippen molar-refractivity contribution in [2.24, 2.45) is 5.92 Å². The fraction of sp³-hybridized carbons (Fsp3) is 0.583. The summed E-state index contributed by atoms with van der Waals surface area (Å²) in [4.78, 5) is 8.95. The first-order valence-corrected chi connectivity index (χ1v) is 6.94. The van der Waals surface area contributed by atoms with E-state index in [1.807, 2.05) is 6.07 Å². The van der Waals surface area contributed by atoms with Crippen LogP contribution in [0.5, 0.6) is 0 Å². The highest BCUT2D eigenvalue weighted by atomic mass is 79.9. The van der Waals surface area contributed by atoms with Gasteiger partial charge in [-0.1, -0.05) is 11.6 Å². The van der Waals surface area contributed by atoms with Crippen LogP contribution in [0.1, 0.15) is 6.42 Å². The summed E-state index contributed by atoms with van der Waals surface area (Å²) in [7, 11) is 4.26. The molecule has 0 saturated carbocycles. The molecule has 0 aliphatic carbocycles. The van der Waals surface area contributed by atoms with Crippen LogP contribution in [-0.4, -0.2) is 43.6 Å². The summed E-state index contributed by atoms with van der Waals surface area (Å²) in [6.07, 6.45) is 2.96. The van der Waals surface area contributed by atoms with Gasteiger partial charge in [0.25, 0.3) is 0 Å². The van der Waals surface area contributed by atoms with E-state index in [1.165, 1.54) is 19.5 Å². The highest BCUT2D eigenvalue weighted by molar-refractivity contribution is 9.10. The van der Waals surface area contributed by atoms with Gasteiger partial charge in [0.05, 0.1) is 9.50 Å². The molecule has 1 unspecified atom stereocenters. The summed E-state index contributed by atoms with van der Waals surface area (Å²) in [5.41, 5.74) is 0. The molecule has 0 radical (unpaired) electrons. The molecule has 0 bridgehead atoms. The fourth-order valence-electron chi connectivity index (χ4n) is 2.34. The van der Waals surface area contributed by atoms with Crippen molar-refractivity contribution in [1.29, 1.82) is 0 Å². The topological polar surface area (TPSA) is 19.4 Å². The van der Waals surface area contributed by atoms with E-state index in [0.29, 0.717) is 5.02 Å². The van der Waals surface area contributed by atoms with Gasteiger partial charge < -0.3 is 9.80 Å². The number of hydrogen-bond acceptors (Lipinski definition) is 3. The number of nitrogens with zero attached hydrogens (tertiary/aromatic N) is 3. The van der Waals surface area contributed by atoms with Crippen molar-refractivity contribution >= 4 is 33.3 Å². The van der Waals surface area contributed by atoms with Crippen molar-refractivity contribution in [2.45, 2.75) is 6.42 Å². The molecule has 1 aromatic heterocycles. The van der Waals surface area contributed by atoms with Crippen LogP contribution in [0.2, 0.25) is 5.02 Å². The molecule has 94 valence electrons. The molecular weight excluding hydrogens is 302 g/mol. The Morgan fingerprint density at radius 1 is 1.65 bits per heavy atom. The van der Waals surface area contributed by atoms with E-state index < -0.39 is 0 Å². The van der Waals surface area contributed by atoms with Crippen molar-refractivity contribution in [3.63, 3.8) is 0 Å². The maximum atomic E-state index is 5.89. The summed E-state index contributed by atoms with van der Waals surface area (Å²) in [6, 6.07) is 1.89. The molecule has 1 aromatic rings. The Bertz CT molecular complexity index is 399. The first-order valence-electron chi connectivity index (χ1n) is 5.77. The third-order valence-corrected chi connectivity index (χ3v) is 3.96. The smallest absolute Gasteiger partial charge is 0.142 e. The molecular formula is C12H17BrClN3. The van der Waals surface area contributed by atoms with Gasteiger partial charge in [0, 0.05) is 26.3 Å². The summed E-state index contributed by atoms with van der Waals surface area (Å²) >= 11 is 9.40. The molecule has 0 spiro atoms. The van der Waals surface area contributed by atoms with Crippen LogP contribution < -0.4 is 4.90 Å². The van der Waals surface area contributed by atoms with Crippen molar-refractivity contribution in [3.05, 3.63) is 21.8 Å². The van der Waals surface area contributed by atoms with Gasteiger partial charge in [-0.25, -0.2) is 4.98 Å². The second-order valence-electron chi connectivity index (χ2n) is 4.76. The lowest BCUT2D eigenvalue weighted by molar-refractivity contribution is 0.395. The Morgan fingerprint density at radius 3 is 3.00 bits per heavy atom. The van der Waals surface area contributed by atoms with E-state index in [1.54, 1.807) is 6.20 Å². The van der Waals surface area contributed by atoms with Gasteiger partial charge in [-0.15, -0.1) is 0 Å². The van der Waals surface area contributed by atoms with Gasteiger partial charge in [-0.05, 0) is 47.9 Å². The molecule has 2 rings (SSSR count). The van der Waals surface area contributed by atoms with E-state index in [4.69, 9.17) is 11.6 Å². The number of anilines is 1. The zero-order chi connectivity index (χ0) is 12.4. The SMILES string of the molecule is CN1CCC(CN(C)c2ncc(Cl)cc2Br)C1. The molecule has 1 atom stereocenters. The van der Waals surface area contributed by atoms with Crippen molar-refractivity contribution in [2.75, 3.05) is 38.6 Å². The second kappa shape index (κ2) is 5.55. The molecule has 1 aliphatic heterocycles. The van der Waals surface area contributed by atoms with Crippen LogP contribution in [-0.2, 0) is 0 Å². The van der Waals surface area contributed by atoms with Gasteiger partial charge in [-0.2, -0.15) is 0 Å². The number of halogens is 2. The Morgan fingerprint density at radius 2 is 2.41 bits per heavy atom. The van der Waals surface area contributed by atoms with Crippen LogP contribution in [0.4, 0.5) is 5.82 Å². The zero-order valence-corrected chi connectivity index (χ0v) is 12.5. The summed E-state index contributed by atoms with van der Waals surface area (Å²) < 4.78 is 0.957. The largest absolute Gasteiger partial charge is 0.358 e. The third kappa shape index (κ3) is 3.33. The standard InChI is InChI=1S/C12H17BrClN3/c1-16-4-3-9(7-16)8-17(2)12-11(13)5-10(14)6-15-12/h5-6,9H,3-4,7-8H2,1-2H3. The normalized spacial score (nSPS) is 20.8. The molecule has 2 heterocycles. The lowest BCUT2D eigenvalue weighted by Gasteiger charge is -2.23. The number of aromatic nitrogens is 1. The maximum Gasteiger partial charge on any atom is 0.142 e. The monoisotopic (exact) mass is 317 g/mol. The second-order valence-corrected chi connectivity index (χ2v) is 6.05. The summed E-state index contributed by atoms with van der Waals surface area (Å²) in [5, 5.41) is 0.662. The average molecular weight is 319 g/mol. The van der Waals surface area contributed by atoms with Crippen LogP contribution in [0.3, 0.4) is 0 Å². The molecule has 0 N–H and O–H groups in total. The lowest BCUT2D eigenvalue weighted by atomic mass is 10.1. The predicted molar refractivity (Wildman–Crippen MR) is 75.8 cm³/mol. The molecule has 1 fully saturated rings. The fourth-order valence-corrected chi connectivity index (χ4v) is 3.28. The molecule has 0 aromatic carbocycles. The van der Waals surface area contributed by atoms with Crippen LogP contribution in [0.25, 0.3) is 0 Å². The quantitative estimate of drug-likeness (QED) is 0.854. The van der Waals surface area contributed by atoms with Gasteiger partial charge in [-0.3, -0.25) is 0 Å². The molecule has 1 saturated heterocycles. The Balaban J connectivity index is 2.01. The Hall–Kier alpha value is -0.320. The first-order chi connectivity index (χ1) is 8.06. The van der Waals surface area contributed by atoms with Gasteiger partial charge in [0.15, 0.2) is 0 Å². The zero-order valence-electron chi connectivity index (χ0n) is 10.2. The van der Waals surface area contributed by atoms with E-state index in [9.17, 15) is 0 Å². The minimum atomic E-state index is 0.662. The van der Waals surface area contributed by atoms with Gasteiger partial charge in [0.1, 0.15) is 5.82 Å². The van der Waals surface area contributed by atoms with Gasteiger partial charge in [0.2, 0.25) is 0 Å². The minimum Gasteiger partial charge on any atom is -0.358 e. The van der Waals surface area contributed by atoms with Crippen molar-refractivity contribution < 1.29 is 0 Å². The minimum absolute atomic E-state index is 0.662. The summed E-state index contributed by atoms with van der Waals surface area (Å²) in [6.45, 7) is 3.42. The lowest BCUT2D eigenvalue weighted by Crippen LogP contribution is -2.28. The first kappa shape index (κ1) is 13.1. The molecule has 3 nitrogen and oxygen atoms in total. The maximum absolute atomic E-state index is 5.89. The predicted octanol–water partition coefficient (Wildman–Crippen LogP) is 2.89. The van der Waals surface area contributed by atoms with Gasteiger partial charge >= 0.3 is 0 Å². The van der Waals surface area contributed by atoms with Crippen molar-refractivity contribution in [3.8, 4) is 0 Å². The van der Waals surface area contributed by atoms with Crippen LogP contribution in [0.15, 0.2) is 16.7 Å². The average Bonchev–Trinajstić information content (AvgIpc) is 2.63. The number of hydrogen-bond donors (Lipinski definition) is 0.